The van der Waals surface area contributed by atoms with Gasteiger partial charge in [0.15, 0.2) is 0 Å². The Labute approximate surface area is 178 Å². The first-order chi connectivity index (χ1) is 15.0. The van der Waals surface area contributed by atoms with Crippen molar-refractivity contribution in [2.75, 3.05) is 11.4 Å². The SMILES string of the molecule is CCN(C(=O)n1nnn(-c2c(F)cccc2-c2ccccc2C)c1=O)c1ccccc1. The van der Waals surface area contributed by atoms with Gasteiger partial charge >= 0.3 is 11.7 Å². The van der Waals surface area contributed by atoms with Crippen molar-refractivity contribution in [1.29, 1.82) is 0 Å². The Balaban J connectivity index is 1.82. The molecule has 0 aliphatic carbocycles. The van der Waals surface area contributed by atoms with E-state index in [9.17, 15) is 14.0 Å². The first kappa shape index (κ1) is 20.2. The standard InChI is InChI=1S/C23H20FN5O2/c1-3-27(17-11-5-4-6-12-17)22(30)29-23(31)28(25-26-29)21-19(14-9-15-20(21)24)18-13-8-7-10-16(18)2/h4-15H,3H2,1-2H3. The van der Waals surface area contributed by atoms with Gasteiger partial charge in [-0.15, -0.1) is 4.68 Å². The summed E-state index contributed by atoms with van der Waals surface area (Å²) in [6.45, 7) is 4.00. The third-order valence-electron chi connectivity index (χ3n) is 5.01. The summed E-state index contributed by atoms with van der Waals surface area (Å²) in [5.74, 6) is -0.641. The lowest BCUT2D eigenvalue weighted by Gasteiger charge is -2.19. The van der Waals surface area contributed by atoms with Crippen LogP contribution in [0.25, 0.3) is 16.8 Å². The maximum absolute atomic E-state index is 14.9. The molecule has 0 atom stereocenters. The van der Waals surface area contributed by atoms with E-state index >= 15 is 0 Å². The molecule has 4 rings (SSSR count). The quantitative estimate of drug-likeness (QED) is 0.470. The summed E-state index contributed by atoms with van der Waals surface area (Å²) in [5, 5.41) is 7.57. The summed E-state index contributed by atoms with van der Waals surface area (Å²) in [7, 11) is 0. The minimum Gasteiger partial charge on any atom is -0.293 e. The maximum atomic E-state index is 14.9. The van der Waals surface area contributed by atoms with E-state index in [-0.39, 0.29) is 5.69 Å². The summed E-state index contributed by atoms with van der Waals surface area (Å²) < 4.78 is 16.4. The molecule has 7 nitrogen and oxygen atoms in total. The predicted molar refractivity (Wildman–Crippen MR) is 116 cm³/mol. The van der Waals surface area contributed by atoms with Gasteiger partial charge in [-0.25, -0.2) is 14.0 Å². The maximum Gasteiger partial charge on any atom is 0.377 e. The summed E-state index contributed by atoms with van der Waals surface area (Å²) in [4.78, 5) is 27.5. The number of halogens is 1. The van der Waals surface area contributed by atoms with Crippen LogP contribution in [0.5, 0.6) is 0 Å². The number of hydrogen-bond acceptors (Lipinski definition) is 4. The molecular formula is C23H20FN5O2. The van der Waals surface area contributed by atoms with Crippen LogP contribution in [0.1, 0.15) is 12.5 Å². The third kappa shape index (κ3) is 3.63. The number of anilines is 1. The number of rotatable bonds is 4. The molecule has 0 spiro atoms. The Bertz CT molecular complexity index is 1300. The minimum atomic E-state index is -0.848. The van der Waals surface area contributed by atoms with Gasteiger partial charge in [-0.3, -0.25) is 4.90 Å². The smallest absolute Gasteiger partial charge is 0.293 e. The second kappa shape index (κ2) is 8.35. The van der Waals surface area contributed by atoms with Gasteiger partial charge in [-0.1, -0.05) is 54.6 Å². The van der Waals surface area contributed by atoms with E-state index in [0.29, 0.717) is 22.5 Å². The van der Waals surface area contributed by atoms with Crippen LogP contribution in [0.3, 0.4) is 0 Å². The fourth-order valence-electron chi connectivity index (χ4n) is 3.48. The van der Waals surface area contributed by atoms with Crippen molar-refractivity contribution < 1.29 is 9.18 Å². The second-order valence-corrected chi connectivity index (χ2v) is 6.90. The largest absolute Gasteiger partial charge is 0.377 e. The molecule has 0 aliphatic heterocycles. The van der Waals surface area contributed by atoms with E-state index in [0.717, 1.165) is 15.8 Å². The number of hydrogen-bond donors (Lipinski definition) is 0. The lowest BCUT2D eigenvalue weighted by atomic mass is 9.99. The second-order valence-electron chi connectivity index (χ2n) is 6.90. The number of para-hydroxylation sites is 2. The van der Waals surface area contributed by atoms with Crippen LogP contribution >= 0.6 is 0 Å². The Morgan fingerprint density at radius 1 is 0.935 bits per heavy atom. The number of carbonyl (C=O) groups is 1. The molecule has 156 valence electrons. The molecule has 0 saturated carbocycles. The van der Waals surface area contributed by atoms with Gasteiger partial charge in [-0.05, 0) is 53.6 Å². The van der Waals surface area contributed by atoms with Crippen LogP contribution in [0.4, 0.5) is 14.9 Å². The van der Waals surface area contributed by atoms with E-state index in [1.807, 2.05) is 37.3 Å². The van der Waals surface area contributed by atoms with Crippen LogP contribution in [0, 0.1) is 12.7 Å². The van der Waals surface area contributed by atoms with Crippen LogP contribution in [0.15, 0.2) is 77.6 Å². The highest BCUT2D eigenvalue weighted by Crippen LogP contribution is 2.30. The molecule has 31 heavy (non-hydrogen) atoms. The Morgan fingerprint density at radius 3 is 2.32 bits per heavy atom. The number of tetrazole rings is 1. The third-order valence-corrected chi connectivity index (χ3v) is 5.01. The fraction of sp³-hybridized carbons (Fsp3) is 0.130. The van der Waals surface area contributed by atoms with Crippen molar-refractivity contribution in [3.05, 3.63) is 94.7 Å². The van der Waals surface area contributed by atoms with E-state index in [1.165, 1.54) is 11.0 Å². The average Bonchev–Trinajstić information content (AvgIpc) is 3.16. The summed E-state index contributed by atoms with van der Waals surface area (Å²) in [6.07, 6.45) is 0. The topological polar surface area (TPSA) is 73.0 Å². The zero-order valence-electron chi connectivity index (χ0n) is 17.1. The number of carbonyl (C=O) groups excluding carboxylic acids is 1. The van der Waals surface area contributed by atoms with Crippen LogP contribution in [-0.4, -0.2) is 32.4 Å². The molecule has 1 heterocycles. The molecular weight excluding hydrogens is 397 g/mol. The normalized spacial score (nSPS) is 10.8. The Kier molecular flexibility index (Phi) is 5.44. The van der Waals surface area contributed by atoms with Gasteiger partial charge in [0.1, 0.15) is 11.5 Å². The fourth-order valence-corrected chi connectivity index (χ4v) is 3.48. The van der Waals surface area contributed by atoms with Gasteiger partial charge in [0.05, 0.1) is 0 Å². The monoisotopic (exact) mass is 417 g/mol. The van der Waals surface area contributed by atoms with Gasteiger partial charge in [0.25, 0.3) is 0 Å². The van der Waals surface area contributed by atoms with Crippen LogP contribution < -0.4 is 10.6 Å². The molecule has 0 saturated heterocycles. The molecule has 0 bridgehead atoms. The van der Waals surface area contributed by atoms with Crippen molar-refractivity contribution in [1.82, 2.24) is 19.8 Å². The average molecular weight is 417 g/mol. The molecule has 0 unspecified atom stereocenters. The van der Waals surface area contributed by atoms with Crippen molar-refractivity contribution >= 4 is 11.7 Å². The Morgan fingerprint density at radius 2 is 1.61 bits per heavy atom. The molecule has 4 aromatic rings. The molecule has 1 aromatic heterocycles. The molecule has 0 radical (unpaired) electrons. The van der Waals surface area contributed by atoms with E-state index in [4.69, 9.17) is 0 Å². The van der Waals surface area contributed by atoms with E-state index < -0.39 is 17.5 Å². The first-order valence-electron chi connectivity index (χ1n) is 9.79. The van der Waals surface area contributed by atoms with Gasteiger partial charge < -0.3 is 0 Å². The summed E-state index contributed by atoms with van der Waals surface area (Å²) >= 11 is 0. The molecule has 1 amide bonds. The molecule has 0 fully saturated rings. The van der Waals surface area contributed by atoms with Gasteiger partial charge in [-0.2, -0.15) is 4.68 Å². The highest BCUT2D eigenvalue weighted by atomic mass is 19.1. The van der Waals surface area contributed by atoms with E-state index in [1.54, 1.807) is 43.3 Å². The molecule has 0 aliphatic rings. The zero-order valence-corrected chi connectivity index (χ0v) is 17.1. The highest BCUT2D eigenvalue weighted by molar-refractivity contribution is 5.92. The lowest BCUT2D eigenvalue weighted by Crippen LogP contribution is -2.41. The Hall–Kier alpha value is -4.07. The van der Waals surface area contributed by atoms with E-state index in [2.05, 4.69) is 10.4 Å². The van der Waals surface area contributed by atoms with Crippen LogP contribution in [-0.2, 0) is 0 Å². The van der Waals surface area contributed by atoms with Crippen molar-refractivity contribution in [3.8, 4) is 16.8 Å². The van der Waals surface area contributed by atoms with Crippen molar-refractivity contribution in [3.63, 3.8) is 0 Å². The van der Waals surface area contributed by atoms with Crippen molar-refractivity contribution in [2.24, 2.45) is 0 Å². The number of benzene rings is 3. The number of amides is 1. The first-order valence-corrected chi connectivity index (χ1v) is 9.79. The zero-order chi connectivity index (χ0) is 22.0. The molecule has 3 aromatic carbocycles. The predicted octanol–water partition coefficient (Wildman–Crippen LogP) is 4.04. The number of aromatic nitrogens is 4. The summed E-state index contributed by atoms with van der Waals surface area (Å²) in [6, 6.07) is 20.2. The minimum absolute atomic E-state index is 0.0522. The number of nitrogens with zero attached hydrogens (tertiary/aromatic N) is 5. The lowest BCUT2D eigenvalue weighted by molar-refractivity contribution is 0.244. The number of aryl methyl sites for hydroxylation is 1. The molecule has 8 heteroatoms. The van der Waals surface area contributed by atoms with Gasteiger partial charge in [0, 0.05) is 17.8 Å². The molecule has 0 N–H and O–H groups in total. The van der Waals surface area contributed by atoms with Gasteiger partial charge in [0.2, 0.25) is 0 Å². The highest BCUT2D eigenvalue weighted by Gasteiger charge is 2.24. The van der Waals surface area contributed by atoms with Crippen LogP contribution in [0.2, 0.25) is 0 Å². The summed E-state index contributed by atoms with van der Waals surface area (Å²) in [5.41, 5.74) is 1.86. The van der Waals surface area contributed by atoms with Crippen molar-refractivity contribution in [2.45, 2.75) is 13.8 Å².